The van der Waals surface area contributed by atoms with Crippen LogP contribution in [0.3, 0.4) is 0 Å². The molecule has 0 radical (unpaired) electrons. The van der Waals surface area contributed by atoms with E-state index in [1.54, 1.807) is 45.0 Å². The molecule has 16 nitrogen and oxygen atoms in total. The summed E-state index contributed by atoms with van der Waals surface area (Å²) in [6.45, 7) is 11.2. The Morgan fingerprint density at radius 1 is 1.05 bits per heavy atom. The lowest BCUT2D eigenvalue weighted by molar-refractivity contribution is -0.199. The van der Waals surface area contributed by atoms with Crippen molar-refractivity contribution in [3.8, 4) is 5.75 Å². The van der Waals surface area contributed by atoms with Gasteiger partial charge in [0.15, 0.2) is 0 Å². The van der Waals surface area contributed by atoms with Crippen molar-refractivity contribution in [3.05, 3.63) is 76.6 Å². The van der Waals surface area contributed by atoms with Gasteiger partial charge in [0.05, 0.1) is 60.1 Å². The number of nitrogens with one attached hydrogen (secondary N) is 2. The number of esters is 1. The smallest absolute Gasteiger partial charge is 0.482 e. The van der Waals surface area contributed by atoms with Gasteiger partial charge in [0.2, 0.25) is 15.9 Å². The van der Waals surface area contributed by atoms with Crippen LogP contribution in [0.4, 0.5) is 0 Å². The van der Waals surface area contributed by atoms with Crippen molar-refractivity contribution in [2.75, 3.05) is 19.4 Å². The van der Waals surface area contributed by atoms with E-state index in [-0.39, 0.29) is 65.9 Å². The number of carbonyl (C=O) groups excluding carboxylic acids is 4. The van der Waals surface area contributed by atoms with Crippen LogP contribution in [0, 0.1) is 17.3 Å². The van der Waals surface area contributed by atoms with E-state index in [0.29, 0.717) is 17.2 Å². The van der Waals surface area contributed by atoms with Crippen LogP contribution in [0.1, 0.15) is 96.7 Å². The van der Waals surface area contributed by atoms with Crippen LogP contribution in [0.25, 0.3) is 0 Å². The third-order valence-corrected chi connectivity index (χ3v) is 13.1. The largest absolute Gasteiger partial charge is 0.496 e. The lowest BCUT2D eigenvalue weighted by Crippen LogP contribution is -2.65. The van der Waals surface area contributed by atoms with Gasteiger partial charge in [-0.1, -0.05) is 43.3 Å². The topological polar surface area (TPSA) is 197 Å². The summed E-state index contributed by atoms with van der Waals surface area (Å²) in [6.07, 6.45) is 3.39. The predicted molar refractivity (Wildman–Crippen MR) is 206 cm³/mol. The molecule has 0 unspecified atom stereocenters. The van der Waals surface area contributed by atoms with Gasteiger partial charge in [0.25, 0.3) is 11.8 Å². The van der Waals surface area contributed by atoms with E-state index < -0.39 is 63.7 Å². The average molecular weight is 805 g/mol. The zero-order valence-electron chi connectivity index (χ0n) is 33.2. The van der Waals surface area contributed by atoms with Crippen LogP contribution in [-0.2, 0) is 48.4 Å². The Morgan fingerprint density at radius 3 is 2.40 bits per heavy atom. The standard InChI is InChI=1S/C39H49BN6O10S/c1-37(2,3)54-36(50)28-14-10-11-23(33(28)53-7)17-31(40-55-30-19-24-18-29(38(24,4)5)39(30,6)56-40)42-32(47)22-45-21-25(43-44-45)20-41-57(51,52)16-15-46-34(48)26-12-8-9-13-27(26)35(46)49/h8-14,21,24,29-31,41H,15-20,22H2,1-7H3,(H,42,47)/t24-,29-,30+,31-,39-/m0/s1. The van der Waals surface area contributed by atoms with Crippen molar-refractivity contribution in [1.29, 1.82) is 0 Å². The summed E-state index contributed by atoms with van der Waals surface area (Å²) in [7, 11) is -3.27. The maximum Gasteiger partial charge on any atom is 0.482 e. The minimum atomic E-state index is -3.94. The van der Waals surface area contributed by atoms with Gasteiger partial charge < -0.3 is 24.1 Å². The number of para-hydroxylation sites is 1. The highest BCUT2D eigenvalue weighted by molar-refractivity contribution is 7.89. The monoisotopic (exact) mass is 804 g/mol. The van der Waals surface area contributed by atoms with Crippen LogP contribution < -0.4 is 14.8 Å². The number of carbonyl (C=O) groups is 4. The highest BCUT2D eigenvalue weighted by Gasteiger charge is 2.68. The zero-order valence-corrected chi connectivity index (χ0v) is 34.1. The van der Waals surface area contributed by atoms with E-state index in [4.69, 9.17) is 18.8 Å². The summed E-state index contributed by atoms with van der Waals surface area (Å²) in [5.41, 5.74) is 0.440. The fourth-order valence-electron chi connectivity index (χ4n) is 8.81. The van der Waals surface area contributed by atoms with Crippen molar-refractivity contribution in [2.24, 2.45) is 17.3 Å². The van der Waals surface area contributed by atoms with Crippen LogP contribution in [0.15, 0.2) is 48.7 Å². The second-order valence-corrected chi connectivity index (χ2v) is 19.0. The zero-order chi connectivity index (χ0) is 41.1. The Balaban J connectivity index is 1.02. The molecule has 304 valence electrons. The molecule has 3 amide bonds. The Bertz CT molecular complexity index is 2170. The molecule has 57 heavy (non-hydrogen) atoms. The molecule has 2 aliphatic heterocycles. The Labute approximate surface area is 332 Å². The quantitative estimate of drug-likeness (QED) is 0.138. The maximum atomic E-state index is 13.7. The second-order valence-electron chi connectivity index (χ2n) is 17.1. The lowest BCUT2D eigenvalue weighted by atomic mass is 9.43. The average Bonchev–Trinajstić information content (AvgIpc) is 3.82. The molecule has 2 N–H and O–H groups in total. The molecule has 5 atom stereocenters. The second kappa shape index (κ2) is 14.9. The number of hydrogen-bond donors (Lipinski definition) is 2. The van der Waals surface area contributed by atoms with Gasteiger partial charge in [-0.2, -0.15) is 0 Å². The first-order valence-corrected chi connectivity index (χ1v) is 20.8. The van der Waals surface area contributed by atoms with Crippen molar-refractivity contribution >= 4 is 40.8 Å². The molecule has 1 aromatic heterocycles. The van der Waals surface area contributed by atoms with Gasteiger partial charge >= 0.3 is 13.1 Å². The lowest BCUT2D eigenvalue weighted by Gasteiger charge is -2.64. The van der Waals surface area contributed by atoms with Gasteiger partial charge in [-0.15, -0.1) is 5.10 Å². The molecule has 4 fully saturated rings. The van der Waals surface area contributed by atoms with Crippen molar-refractivity contribution in [2.45, 2.75) is 97.1 Å². The third-order valence-electron chi connectivity index (χ3n) is 11.8. The Kier molecular flexibility index (Phi) is 10.6. The number of imide groups is 1. The minimum Gasteiger partial charge on any atom is -0.496 e. The molecule has 3 heterocycles. The first-order chi connectivity index (χ1) is 26.8. The van der Waals surface area contributed by atoms with Crippen molar-refractivity contribution in [3.63, 3.8) is 0 Å². The van der Waals surface area contributed by atoms with E-state index in [1.807, 2.05) is 6.07 Å². The summed E-state index contributed by atoms with van der Waals surface area (Å²) >= 11 is 0. The molecule has 3 aliphatic carbocycles. The number of ether oxygens (including phenoxy) is 2. The SMILES string of the molecule is COc1c(C[C@H](NC(=O)Cn2cc(CNS(=O)(=O)CCN3C(=O)c4ccccc4C3=O)nn2)B2O[C@@H]3C[C@@H]4C[C@@H](C4(C)C)[C@]3(C)O2)cccc1C(=O)OC(C)(C)C. The number of nitrogens with zero attached hydrogens (tertiary/aromatic N) is 4. The Hall–Kier alpha value is -4.65. The fourth-order valence-corrected chi connectivity index (χ4v) is 9.74. The van der Waals surface area contributed by atoms with Gasteiger partial charge in [-0.3, -0.25) is 19.3 Å². The number of methoxy groups -OCH3 is 1. The molecular formula is C39H49BN6O10S. The molecule has 0 spiro atoms. The first kappa shape index (κ1) is 40.5. The number of rotatable bonds is 14. The number of benzene rings is 2. The van der Waals surface area contributed by atoms with Crippen LogP contribution in [0.2, 0.25) is 0 Å². The number of sulfonamides is 1. The molecule has 8 rings (SSSR count). The summed E-state index contributed by atoms with van der Waals surface area (Å²) in [5, 5.41) is 11.1. The van der Waals surface area contributed by atoms with Gasteiger partial charge in [-0.05, 0) is 88.0 Å². The number of aromatic nitrogens is 3. The maximum absolute atomic E-state index is 13.7. The highest BCUT2D eigenvalue weighted by atomic mass is 32.2. The molecule has 2 aromatic carbocycles. The molecule has 18 heteroatoms. The summed E-state index contributed by atoms with van der Waals surface area (Å²) < 4.78 is 54.1. The fraction of sp³-hybridized carbons (Fsp3) is 0.538. The van der Waals surface area contributed by atoms with E-state index in [9.17, 15) is 27.6 Å². The minimum absolute atomic E-state index is 0.102. The van der Waals surface area contributed by atoms with Gasteiger partial charge in [0.1, 0.15) is 23.5 Å². The van der Waals surface area contributed by atoms with Gasteiger partial charge in [0, 0.05) is 6.54 Å². The molecule has 3 saturated carbocycles. The van der Waals surface area contributed by atoms with E-state index >= 15 is 0 Å². The van der Waals surface area contributed by atoms with Crippen LogP contribution in [0.5, 0.6) is 5.75 Å². The number of fused-ring (bicyclic) bond motifs is 1. The molecular weight excluding hydrogens is 755 g/mol. The van der Waals surface area contributed by atoms with Crippen LogP contribution in [-0.4, -0.2) is 102 Å². The van der Waals surface area contributed by atoms with Crippen molar-refractivity contribution in [1.82, 2.24) is 29.9 Å². The van der Waals surface area contributed by atoms with Gasteiger partial charge in [-0.25, -0.2) is 22.6 Å². The summed E-state index contributed by atoms with van der Waals surface area (Å²) in [5.74, 6) is -2.14. The van der Waals surface area contributed by atoms with Crippen molar-refractivity contribution < 1.29 is 46.4 Å². The summed E-state index contributed by atoms with van der Waals surface area (Å²) in [4.78, 5) is 53.1. The third kappa shape index (κ3) is 7.96. The molecule has 5 aliphatic rings. The predicted octanol–water partition coefficient (Wildman–Crippen LogP) is 2.95. The summed E-state index contributed by atoms with van der Waals surface area (Å²) in [6, 6.07) is 11.5. The first-order valence-electron chi connectivity index (χ1n) is 19.1. The van der Waals surface area contributed by atoms with Crippen LogP contribution >= 0.6 is 0 Å². The molecule has 2 bridgehead atoms. The van der Waals surface area contributed by atoms with E-state index in [1.165, 1.54) is 30.1 Å². The number of amides is 3. The molecule has 3 aromatic rings. The van der Waals surface area contributed by atoms with E-state index in [2.05, 4.69) is 41.1 Å². The Morgan fingerprint density at radius 2 is 1.75 bits per heavy atom. The molecule has 1 saturated heterocycles. The number of hydrogen-bond acceptors (Lipinski definition) is 12. The van der Waals surface area contributed by atoms with E-state index in [0.717, 1.165) is 17.7 Å². The normalized spacial score (nSPS) is 24.1. The highest BCUT2D eigenvalue weighted by Crippen LogP contribution is 2.65.